The van der Waals surface area contributed by atoms with E-state index in [1.54, 1.807) is 0 Å². The summed E-state index contributed by atoms with van der Waals surface area (Å²) < 4.78 is 0. The van der Waals surface area contributed by atoms with Crippen LogP contribution in [-0.4, -0.2) is 18.7 Å². The Morgan fingerprint density at radius 2 is 2.00 bits per heavy atom. The van der Waals surface area contributed by atoms with Crippen molar-refractivity contribution in [2.45, 2.75) is 13.3 Å². The minimum Gasteiger partial charge on any atom is -0.399 e. The first-order chi connectivity index (χ1) is 11.6. The highest BCUT2D eigenvalue weighted by atomic mass is 35.5. The molecule has 4 rings (SSSR count). The third kappa shape index (κ3) is 2.14. The number of amides is 1. The Morgan fingerprint density at radius 3 is 2.79 bits per heavy atom. The molecule has 0 saturated carbocycles. The minimum atomic E-state index is -0.127. The van der Waals surface area contributed by atoms with Crippen molar-refractivity contribution >= 4 is 34.5 Å². The molecule has 0 aromatic heterocycles. The lowest BCUT2D eigenvalue weighted by Gasteiger charge is -2.06. The van der Waals surface area contributed by atoms with Crippen LogP contribution in [0.2, 0.25) is 5.02 Å². The summed E-state index contributed by atoms with van der Waals surface area (Å²) >= 11 is 6.28. The Bertz CT molecular complexity index is 944. The number of rotatable bonds is 1. The summed E-state index contributed by atoms with van der Waals surface area (Å²) in [4.78, 5) is 17.7. The molecule has 1 heterocycles. The molecule has 0 unspecified atom stereocenters. The van der Waals surface area contributed by atoms with E-state index in [1.807, 2.05) is 43.3 Å². The molecule has 4 nitrogen and oxygen atoms in total. The average molecular weight is 339 g/mol. The molecule has 120 valence electrons. The van der Waals surface area contributed by atoms with Crippen molar-refractivity contribution in [3.63, 3.8) is 0 Å². The summed E-state index contributed by atoms with van der Waals surface area (Å²) in [6.07, 6.45) is 0.645. The van der Waals surface area contributed by atoms with Crippen LogP contribution in [0.3, 0.4) is 0 Å². The Hall–Kier alpha value is -2.59. The molecular weight excluding hydrogens is 324 g/mol. The maximum absolute atomic E-state index is 12.6. The normalized spacial score (nSPS) is 20.1. The molecule has 0 bridgehead atoms. The number of benzene rings is 2. The Labute approximate surface area is 144 Å². The lowest BCUT2D eigenvalue weighted by Crippen LogP contribution is -2.10. The van der Waals surface area contributed by atoms with Crippen molar-refractivity contribution in [3.05, 3.63) is 69.2 Å². The minimum absolute atomic E-state index is 0.127. The fourth-order valence-corrected chi connectivity index (χ4v) is 3.51. The van der Waals surface area contributed by atoms with Gasteiger partial charge in [0.05, 0.1) is 5.57 Å². The molecule has 2 aromatic rings. The van der Waals surface area contributed by atoms with Gasteiger partial charge in [-0.1, -0.05) is 41.0 Å². The summed E-state index contributed by atoms with van der Waals surface area (Å²) in [7, 11) is 1.51. The largest absolute Gasteiger partial charge is 0.399 e. The summed E-state index contributed by atoms with van der Waals surface area (Å²) in [5.41, 5.74) is 6.88. The molecule has 0 fully saturated rings. The van der Waals surface area contributed by atoms with Gasteiger partial charge >= 0.3 is 0 Å². The van der Waals surface area contributed by atoms with E-state index in [-0.39, 0.29) is 5.91 Å². The van der Waals surface area contributed by atoms with E-state index in [0.29, 0.717) is 22.7 Å². The molecule has 0 radical (unpaired) electrons. The van der Waals surface area contributed by atoms with Crippen LogP contribution in [0.25, 0.3) is 5.57 Å². The number of halogens is 1. The molecule has 1 aliphatic carbocycles. The zero-order valence-corrected chi connectivity index (χ0v) is 14.1. The van der Waals surface area contributed by atoms with Crippen molar-refractivity contribution < 1.29 is 9.63 Å². The van der Waals surface area contributed by atoms with E-state index in [0.717, 1.165) is 33.5 Å². The summed E-state index contributed by atoms with van der Waals surface area (Å²) in [5.74, 6) is -0.127. The molecule has 2 aliphatic rings. The number of anilines is 1. The van der Waals surface area contributed by atoms with Crippen molar-refractivity contribution in [2.75, 3.05) is 12.4 Å². The monoisotopic (exact) mass is 338 g/mol. The van der Waals surface area contributed by atoms with Crippen LogP contribution in [0.15, 0.2) is 47.1 Å². The van der Waals surface area contributed by atoms with Gasteiger partial charge in [-0.2, -0.15) is 0 Å². The van der Waals surface area contributed by atoms with Crippen molar-refractivity contribution in [3.8, 4) is 0 Å². The van der Waals surface area contributed by atoms with Gasteiger partial charge < -0.3 is 10.2 Å². The fraction of sp³-hybridized carbons (Fsp3) is 0.158. The van der Waals surface area contributed by atoms with E-state index >= 15 is 0 Å². The standard InChI is InChI=1S/C19H15ClN2O2/c1-10-7-16-13(9-15(10)20)17(19(23)21-16)14-8-11-5-3-4-6-12(11)18(14)22-24-2/h3-7,9H,8H2,1-2H3,(H,21,23)/b17-14+,22-18?. The quantitative estimate of drug-likeness (QED) is 0.632. The van der Waals surface area contributed by atoms with E-state index in [2.05, 4.69) is 10.5 Å². The van der Waals surface area contributed by atoms with Gasteiger partial charge in [-0.15, -0.1) is 0 Å². The van der Waals surface area contributed by atoms with Gasteiger partial charge in [-0.3, -0.25) is 4.79 Å². The van der Waals surface area contributed by atoms with Gasteiger partial charge in [0.1, 0.15) is 12.8 Å². The number of allylic oxidation sites excluding steroid dienone is 1. The van der Waals surface area contributed by atoms with Crippen LogP contribution in [0.1, 0.15) is 22.3 Å². The summed E-state index contributed by atoms with van der Waals surface area (Å²) in [6, 6.07) is 11.7. The van der Waals surface area contributed by atoms with Gasteiger partial charge in [0, 0.05) is 28.3 Å². The van der Waals surface area contributed by atoms with E-state index in [1.165, 1.54) is 7.11 Å². The molecule has 1 N–H and O–H groups in total. The van der Waals surface area contributed by atoms with Crippen LogP contribution in [0, 0.1) is 6.92 Å². The smallest absolute Gasteiger partial charge is 0.256 e. The highest BCUT2D eigenvalue weighted by molar-refractivity contribution is 6.39. The third-order valence-electron chi connectivity index (χ3n) is 4.45. The Morgan fingerprint density at radius 1 is 1.21 bits per heavy atom. The molecule has 5 heteroatoms. The second-order valence-electron chi connectivity index (χ2n) is 5.91. The highest BCUT2D eigenvalue weighted by Gasteiger charge is 2.34. The maximum Gasteiger partial charge on any atom is 0.256 e. The number of nitrogens with one attached hydrogen (secondary N) is 1. The topological polar surface area (TPSA) is 50.7 Å². The molecule has 0 saturated heterocycles. The second kappa shape index (κ2) is 5.49. The zero-order chi connectivity index (χ0) is 16.8. The maximum atomic E-state index is 12.6. The number of oxime groups is 1. The predicted molar refractivity (Wildman–Crippen MR) is 95.4 cm³/mol. The van der Waals surface area contributed by atoms with Gasteiger partial charge in [-0.25, -0.2) is 0 Å². The van der Waals surface area contributed by atoms with Gasteiger partial charge in [-0.05, 0) is 35.8 Å². The molecule has 1 aliphatic heterocycles. The number of hydrogen-bond donors (Lipinski definition) is 1. The zero-order valence-electron chi connectivity index (χ0n) is 13.3. The lowest BCUT2D eigenvalue weighted by molar-refractivity contribution is -0.110. The first kappa shape index (κ1) is 15.0. The SMILES string of the molecule is CON=C1/C(=C2/C(=O)Nc3cc(C)c(Cl)cc32)Cc2ccccc21. The van der Waals surface area contributed by atoms with Crippen molar-refractivity contribution in [2.24, 2.45) is 5.16 Å². The molecule has 24 heavy (non-hydrogen) atoms. The second-order valence-corrected chi connectivity index (χ2v) is 6.32. The van der Waals surface area contributed by atoms with E-state index in [4.69, 9.17) is 16.4 Å². The average Bonchev–Trinajstić information content (AvgIpc) is 3.06. The summed E-state index contributed by atoms with van der Waals surface area (Å²) in [5, 5.41) is 7.76. The fourth-order valence-electron chi connectivity index (χ4n) is 3.34. The number of carbonyl (C=O) groups is 1. The molecule has 0 atom stereocenters. The predicted octanol–water partition coefficient (Wildman–Crippen LogP) is 3.96. The van der Waals surface area contributed by atoms with Gasteiger partial charge in [0.15, 0.2) is 0 Å². The van der Waals surface area contributed by atoms with Crippen molar-refractivity contribution in [1.29, 1.82) is 0 Å². The Kier molecular flexibility index (Phi) is 3.43. The summed E-state index contributed by atoms with van der Waals surface area (Å²) in [6.45, 7) is 1.92. The van der Waals surface area contributed by atoms with Crippen LogP contribution >= 0.6 is 11.6 Å². The molecular formula is C19H15ClN2O2. The van der Waals surface area contributed by atoms with E-state index < -0.39 is 0 Å². The van der Waals surface area contributed by atoms with Crippen molar-refractivity contribution in [1.82, 2.24) is 0 Å². The first-order valence-electron chi connectivity index (χ1n) is 7.65. The van der Waals surface area contributed by atoms with Gasteiger partial charge in [0.2, 0.25) is 0 Å². The lowest BCUT2D eigenvalue weighted by atomic mass is 9.97. The third-order valence-corrected chi connectivity index (χ3v) is 4.86. The Balaban J connectivity index is 1.97. The van der Waals surface area contributed by atoms with Crippen LogP contribution in [-0.2, 0) is 16.1 Å². The number of fused-ring (bicyclic) bond motifs is 2. The number of aryl methyl sites for hydroxylation is 1. The van der Waals surface area contributed by atoms with Crippen LogP contribution in [0.4, 0.5) is 5.69 Å². The molecule has 2 aromatic carbocycles. The van der Waals surface area contributed by atoms with Gasteiger partial charge in [0.25, 0.3) is 5.91 Å². The van der Waals surface area contributed by atoms with Crippen LogP contribution < -0.4 is 5.32 Å². The molecule has 0 spiro atoms. The number of hydrogen-bond acceptors (Lipinski definition) is 3. The number of carbonyl (C=O) groups excluding carboxylic acids is 1. The highest BCUT2D eigenvalue weighted by Crippen LogP contribution is 2.41. The van der Waals surface area contributed by atoms with Crippen LogP contribution in [0.5, 0.6) is 0 Å². The number of nitrogens with zero attached hydrogens (tertiary/aromatic N) is 1. The molecule has 1 amide bonds. The van der Waals surface area contributed by atoms with E-state index in [9.17, 15) is 4.79 Å². The first-order valence-corrected chi connectivity index (χ1v) is 8.02.